The molecule has 0 saturated carbocycles. The molecular formula is C17H23NO2. The average molecular weight is 273 g/mol. The van der Waals surface area contributed by atoms with Gasteiger partial charge in [-0.1, -0.05) is 18.2 Å². The van der Waals surface area contributed by atoms with E-state index in [0.717, 1.165) is 38.6 Å². The Labute approximate surface area is 120 Å². The van der Waals surface area contributed by atoms with E-state index in [4.69, 9.17) is 9.47 Å². The molecule has 4 rings (SSSR count). The molecule has 0 radical (unpaired) electrons. The van der Waals surface area contributed by atoms with Crippen molar-refractivity contribution in [2.24, 2.45) is 5.92 Å². The summed E-state index contributed by atoms with van der Waals surface area (Å²) in [4.78, 5) is 0. The molecule has 0 aliphatic carbocycles. The summed E-state index contributed by atoms with van der Waals surface area (Å²) in [5, 5.41) is 3.74. The summed E-state index contributed by atoms with van der Waals surface area (Å²) in [5.41, 5.74) is 2.92. The Bertz CT molecular complexity index is 451. The van der Waals surface area contributed by atoms with Gasteiger partial charge in [-0.15, -0.1) is 0 Å². The van der Waals surface area contributed by atoms with Crippen LogP contribution < -0.4 is 5.32 Å². The van der Waals surface area contributed by atoms with Gasteiger partial charge in [-0.3, -0.25) is 0 Å². The lowest BCUT2D eigenvalue weighted by Crippen LogP contribution is -2.47. The van der Waals surface area contributed by atoms with Crippen LogP contribution in [0.3, 0.4) is 0 Å². The van der Waals surface area contributed by atoms with Crippen LogP contribution >= 0.6 is 0 Å². The Balaban J connectivity index is 1.47. The Hall–Kier alpha value is -1.06. The largest absolute Gasteiger partial charge is 0.381 e. The molecule has 1 aromatic rings. The van der Waals surface area contributed by atoms with E-state index in [1.54, 1.807) is 0 Å². The maximum absolute atomic E-state index is 6.17. The predicted molar refractivity (Wildman–Crippen MR) is 79.0 cm³/mol. The first-order valence-corrected chi connectivity index (χ1v) is 7.91. The maximum atomic E-state index is 6.17. The van der Waals surface area contributed by atoms with Crippen molar-refractivity contribution in [2.45, 2.75) is 43.7 Å². The van der Waals surface area contributed by atoms with Crippen molar-refractivity contribution in [3.05, 3.63) is 29.8 Å². The summed E-state index contributed by atoms with van der Waals surface area (Å²) in [6, 6.07) is 9.33. The van der Waals surface area contributed by atoms with Gasteiger partial charge in [0.2, 0.25) is 0 Å². The number of hydrogen-bond acceptors (Lipinski definition) is 3. The highest BCUT2D eigenvalue weighted by Gasteiger charge is 2.42. The molecule has 3 aliphatic rings. The van der Waals surface area contributed by atoms with Gasteiger partial charge in [-0.25, -0.2) is 0 Å². The normalized spacial score (nSPS) is 31.8. The second kappa shape index (κ2) is 5.05. The molecule has 2 saturated heterocycles. The highest BCUT2D eigenvalue weighted by atomic mass is 16.5. The zero-order chi connectivity index (χ0) is 13.4. The quantitative estimate of drug-likeness (QED) is 0.853. The molecule has 3 heteroatoms. The Kier molecular flexibility index (Phi) is 3.20. The Morgan fingerprint density at radius 2 is 1.95 bits per heavy atom. The molecule has 0 amide bonds. The van der Waals surface area contributed by atoms with Crippen molar-refractivity contribution in [1.29, 1.82) is 0 Å². The summed E-state index contributed by atoms with van der Waals surface area (Å²) >= 11 is 0. The first kappa shape index (κ1) is 12.7. The van der Waals surface area contributed by atoms with Crippen molar-refractivity contribution in [1.82, 2.24) is 0 Å². The van der Waals surface area contributed by atoms with Crippen molar-refractivity contribution in [3.8, 4) is 0 Å². The third-order valence-electron chi connectivity index (χ3n) is 5.30. The van der Waals surface area contributed by atoms with E-state index in [-0.39, 0.29) is 5.60 Å². The first-order chi connectivity index (χ1) is 9.85. The van der Waals surface area contributed by atoms with Crippen LogP contribution in [0.15, 0.2) is 24.3 Å². The molecule has 108 valence electrons. The summed E-state index contributed by atoms with van der Waals surface area (Å²) in [5.74, 6) is 0.731. The zero-order valence-corrected chi connectivity index (χ0v) is 11.9. The lowest BCUT2D eigenvalue weighted by atomic mass is 9.77. The molecule has 2 unspecified atom stereocenters. The average Bonchev–Trinajstić information content (AvgIpc) is 2.92. The lowest BCUT2D eigenvalue weighted by molar-refractivity contribution is -0.148. The van der Waals surface area contributed by atoms with Crippen molar-refractivity contribution in [2.75, 3.05) is 25.1 Å². The summed E-state index contributed by atoms with van der Waals surface area (Å²) in [6.07, 6.45) is 5.70. The molecule has 0 aromatic heterocycles. The zero-order valence-electron chi connectivity index (χ0n) is 11.9. The minimum Gasteiger partial charge on any atom is -0.381 e. The fraction of sp³-hybridized carbons (Fsp3) is 0.647. The van der Waals surface area contributed by atoms with Crippen LogP contribution in [0.5, 0.6) is 0 Å². The SMILES string of the molecule is c1ccc2c(c1)CC(C1CCOC3(CCOCC3)C1)N2. The smallest absolute Gasteiger partial charge is 0.0729 e. The second-order valence-electron chi connectivity index (χ2n) is 6.51. The van der Waals surface area contributed by atoms with E-state index in [1.807, 2.05) is 0 Å². The monoisotopic (exact) mass is 273 g/mol. The third kappa shape index (κ3) is 2.23. The number of benzene rings is 1. The van der Waals surface area contributed by atoms with Crippen LogP contribution in [-0.4, -0.2) is 31.5 Å². The molecule has 3 aliphatic heterocycles. The van der Waals surface area contributed by atoms with Gasteiger partial charge in [0.25, 0.3) is 0 Å². The topological polar surface area (TPSA) is 30.5 Å². The lowest BCUT2D eigenvalue weighted by Gasteiger charge is -2.44. The minimum atomic E-state index is 0.109. The molecule has 1 aromatic carbocycles. The molecular weight excluding hydrogens is 250 g/mol. The van der Waals surface area contributed by atoms with Crippen LogP contribution in [0.2, 0.25) is 0 Å². The van der Waals surface area contributed by atoms with Gasteiger partial charge in [0.1, 0.15) is 0 Å². The van der Waals surface area contributed by atoms with E-state index < -0.39 is 0 Å². The van der Waals surface area contributed by atoms with E-state index in [2.05, 4.69) is 29.6 Å². The highest BCUT2D eigenvalue weighted by Crippen LogP contribution is 2.41. The molecule has 2 fully saturated rings. The van der Waals surface area contributed by atoms with Crippen molar-refractivity contribution < 1.29 is 9.47 Å². The number of ether oxygens (including phenoxy) is 2. The number of anilines is 1. The fourth-order valence-corrected chi connectivity index (χ4v) is 4.11. The van der Waals surface area contributed by atoms with Crippen molar-refractivity contribution >= 4 is 5.69 Å². The minimum absolute atomic E-state index is 0.109. The highest BCUT2D eigenvalue weighted by molar-refractivity contribution is 5.56. The number of hydrogen-bond donors (Lipinski definition) is 1. The van der Waals surface area contributed by atoms with Gasteiger partial charge in [-0.05, 0) is 49.7 Å². The van der Waals surface area contributed by atoms with Gasteiger partial charge in [-0.2, -0.15) is 0 Å². The van der Waals surface area contributed by atoms with Crippen LogP contribution in [0.25, 0.3) is 0 Å². The van der Waals surface area contributed by atoms with E-state index in [1.165, 1.54) is 30.5 Å². The second-order valence-corrected chi connectivity index (χ2v) is 6.51. The number of para-hydroxylation sites is 1. The van der Waals surface area contributed by atoms with Crippen molar-refractivity contribution in [3.63, 3.8) is 0 Å². The van der Waals surface area contributed by atoms with Crippen LogP contribution in [0, 0.1) is 5.92 Å². The Morgan fingerprint density at radius 1 is 1.10 bits per heavy atom. The molecule has 1 N–H and O–H groups in total. The number of fused-ring (bicyclic) bond motifs is 1. The Morgan fingerprint density at radius 3 is 2.80 bits per heavy atom. The van der Waals surface area contributed by atoms with E-state index in [9.17, 15) is 0 Å². The summed E-state index contributed by atoms with van der Waals surface area (Å²) < 4.78 is 11.7. The number of rotatable bonds is 1. The van der Waals surface area contributed by atoms with E-state index >= 15 is 0 Å². The molecule has 3 heterocycles. The van der Waals surface area contributed by atoms with Crippen LogP contribution in [-0.2, 0) is 15.9 Å². The van der Waals surface area contributed by atoms with E-state index in [0.29, 0.717) is 6.04 Å². The fourth-order valence-electron chi connectivity index (χ4n) is 4.11. The standard InChI is InChI=1S/C17H23NO2/c1-2-4-15-13(3-1)11-16(18-15)14-5-8-20-17(12-14)6-9-19-10-7-17/h1-4,14,16,18H,5-12H2. The van der Waals surface area contributed by atoms with Gasteiger partial charge in [0.15, 0.2) is 0 Å². The molecule has 0 bridgehead atoms. The van der Waals surface area contributed by atoms with Gasteiger partial charge in [0.05, 0.1) is 5.60 Å². The van der Waals surface area contributed by atoms with Crippen LogP contribution in [0.1, 0.15) is 31.2 Å². The number of nitrogens with one attached hydrogen (secondary N) is 1. The summed E-state index contributed by atoms with van der Waals surface area (Å²) in [6.45, 7) is 2.65. The summed E-state index contributed by atoms with van der Waals surface area (Å²) in [7, 11) is 0. The first-order valence-electron chi connectivity index (χ1n) is 7.91. The van der Waals surface area contributed by atoms with Gasteiger partial charge in [0, 0.05) is 31.5 Å². The van der Waals surface area contributed by atoms with Gasteiger partial charge >= 0.3 is 0 Å². The molecule has 20 heavy (non-hydrogen) atoms. The molecule has 1 spiro atoms. The van der Waals surface area contributed by atoms with Gasteiger partial charge < -0.3 is 14.8 Å². The maximum Gasteiger partial charge on any atom is 0.0729 e. The molecule has 2 atom stereocenters. The van der Waals surface area contributed by atoms with Crippen LogP contribution in [0.4, 0.5) is 5.69 Å². The third-order valence-corrected chi connectivity index (χ3v) is 5.30. The molecule has 3 nitrogen and oxygen atoms in total. The predicted octanol–water partition coefficient (Wildman–Crippen LogP) is 3.00.